The molecule has 1 heterocycles. The number of aromatic amines is 1. The summed E-state index contributed by atoms with van der Waals surface area (Å²) in [6, 6.07) is 12.0. The molecule has 3 rings (SSSR count). The average molecular weight is 408 g/mol. The van der Waals surface area contributed by atoms with E-state index in [-0.39, 0.29) is 11.9 Å². The van der Waals surface area contributed by atoms with E-state index >= 15 is 0 Å². The van der Waals surface area contributed by atoms with Gasteiger partial charge in [-0.25, -0.2) is 0 Å². The second-order valence-corrected chi connectivity index (χ2v) is 7.60. The van der Waals surface area contributed by atoms with Gasteiger partial charge in [0.25, 0.3) is 0 Å². The van der Waals surface area contributed by atoms with Crippen molar-refractivity contribution >= 4 is 22.9 Å². The van der Waals surface area contributed by atoms with Crippen molar-refractivity contribution in [2.75, 3.05) is 7.05 Å². The van der Waals surface area contributed by atoms with Gasteiger partial charge in [0.1, 0.15) is 0 Å². The van der Waals surface area contributed by atoms with E-state index < -0.39 is 0 Å². The van der Waals surface area contributed by atoms with Crippen LogP contribution in [0.3, 0.4) is 0 Å². The fourth-order valence-electron chi connectivity index (χ4n) is 3.24. The van der Waals surface area contributed by atoms with Gasteiger partial charge in [-0.3, -0.25) is 14.9 Å². The summed E-state index contributed by atoms with van der Waals surface area (Å²) >= 11 is 0. The molecule has 1 atom stereocenters. The first-order valence-electron chi connectivity index (χ1n) is 10.6. The Kier molecular flexibility index (Phi) is 8.93. The van der Waals surface area contributed by atoms with Gasteiger partial charge in [0.05, 0.1) is 11.6 Å². The largest absolute Gasteiger partial charge is 0.393 e. The second-order valence-electron chi connectivity index (χ2n) is 7.60. The Balaban J connectivity index is 0.000000396. The van der Waals surface area contributed by atoms with E-state index in [1.54, 1.807) is 14.0 Å². The highest BCUT2D eigenvalue weighted by molar-refractivity contribution is 5.98. The number of rotatable bonds is 7. The molecule has 1 aromatic heterocycles. The minimum Gasteiger partial charge on any atom is -0.393 e. The number of nitrogens with zero attached hydrogens (tertiary/aromatic N) is 2. The zero-order chi connectivity index (χ0) is 22.1. The lowest BCUT2D eigenvalue weighted by atomic mass is 10.0. The van der Waals surface area contributed by atoms with Gasteiger partial charge in [-0.15, -0.1) is 0 Å². The fraction of sp³-hybridized carbons (Fsp3) is 0.400. The van der Waals surface area contributed by atoms with Crippen LogP contribution in [-0.4, -0.2) is 40.5 Å². The number of hydrogen-bond donors (Lipinski definition) is 2. The van der Waals surface area contributed by atoms with E-state index in [0.717, 1.165) is 47.8 Å². The van der Waals surface area contributed by atoms with Gasteiger partial charge >= 0.3 is 0 Å². The molecular formula is C25H33N3O2. The Morgan fingerprint density at radius 1 is 1.23 bits per heavy atom. The number of carbonyl (C=O) groups is 1. The highest BCUT2D eigenvalue weighted by atomic mass is 16.3. The Morgan fingerprint density at radius 3 is 2.60 bits per heavy atom. The fourth-order valence-corrected chi connectivity index (χ4v) is 3.24. The lowest BCUT2D eigenvalue weighted by Crippen LogP contribution is -2.01. The third kappa shape index (κ3) is 6.36. The Morgan fingerprint density at radius 2 is 2.00 bits per heavy atom. The normalized spacial score (nSPS) is 12.1. The number of ketones is 1. The molecule has 5 heteroatoms. The van der Waals surface area contributed by atoms with Crippen LogP contribution in [0.5, 0.6) is 0 Å². The number of H-pyrrole nitrogens is 1. The molecule has 0 aliphatic heterocycles. The van der Waals surface area contributed by atoms with Crippen molar-refractivity contribution in [1.29, 1.82) is 0 Å². The molecule has 0 radical (unpaired) electrons. The molecule has 0 saturated carbocycles. The van der Waals surface area contributed by atoms with Crippen molar-refractivity contribution in [2.24, 2.45) is 4.99 Å². The average Bonchev–Trinajstić information content (AvgIpc) is 3.13. The van der Waals surface area contributed by atoms with E-state index in [1.165, 1.54) is 11.1 Å². The van der Waals surface area contributed by atoms with Crippen molar-refractivity contribution in [2.45, 2.75) is 59.5 Å². The van der Waals surface area contributed by atoms with Crippen LogP contribution in [0.4, 0.5) is 0 Å². The van der Waals surface area contributed by atoms with E-state index in [9.17, 15) is 4.79 Å². The highest BCUT2D eigenvalue weighted by Crippen LogP contribution is 2.21. The monoisotopic (exact) mass is 407 g/mol. The summed E-state index contributed by atoms with van der Waals surface area (Å²) in [5.41, 5.74) is 6.12. The van der Waals surface area contributed by atoms with E-state index in [4.69, 9.17) is 5.11 Å². The van der Waals surface area contributed by atoms with Crippen LogP contribution in [0.2, 0.25) is 0 Å². The van der Waals surface area contributed by atoms with E-state index in [0.29, 0.717) is 5.56 Å². The molecule has 2 aromatic carbocycles. The third-order valence-corrected chi connectivity index (χ3v) is 5.13. The van der Waals surface area contributed by atoms with Crippen molar-refractivity contribution in [3.05, 3.63) is 64.3 Å². The molecule has 0 unspecified atom stereocenters. The van der Waals surface area contributed by atoms with Gasteiger partial charge in [0.2, 0.25) is 0 Å². The molecule has 0 saturated heterocycles. The number of aryl methyl sites for hydroxylation is 1. The summed E-state index contributed by atoms with van der Waals surface area (Å²) < 4.78 is 0. The first-order valence-corrected chi connectivity index (χ1v) is 10.6. The predicted molar refractivity (Wildman–Crippen MR) is 125 cm³/mol. The van der Waals surface area contributed by atoms with Crippen LogP contribution in [0.15, 0.2) is 41.4 Å². The summed E-state index contributed by atoms with van der Waals surface area (Å²) in [5.74, 6) is 0.0656. The lowest BCUT2D eigenvalue weighted by Gasteiger charge is -2.05. The SMILES string of the molecule is CCC[C@H](O)CC.CN=Cc1cc(Cc2[nH]nc3ccc(C(C)=O)cc23)ccc1C. The lowest BCUT2D eigenvalue weighted by molar-refractivity contribution is 0.101. The van der Waals surface area contributed by atoms with E-state index in [1.807, 2.05) is 31.3 Å². The van der Waals surface area contributed by atoms with Crippen LogP contribution in [0.25, 0.3) is 10.9 Å². The Labute approximate surface area is 179 Å². The number of benzene rings is 2. The molecule has 30 heavy (non-hydrogen) atoms. The summed E-state index contributed by atoms with van der Waals surface area (Å²) in [7, 11) is 1.78. The second kappa shape index (κ2) is 11.4. The molecule has 3 aromatic rings. The maximum atomic E-state index is 11.6. The first-order chi connectivity index (χ1) is 14.4. The summed E-state index contributed by atoms with van der Waals surface area (Å²) in [6.07, 6.45) is 5.50. The minimum atomic E-state index is -0.0509. The van der Waals surface area contributed by atoms with Crippen LogP contribution in [0.1, 0.15) is 72.8 Å². The summed E-state index contributed by atoms with van der Waals surface area (Å²) in [4.78, 5) is 15.7. The first kappa shape index (κ1) is 23.5. The molecular weight excluding hydrogens is 374 g/mol. The van der Waals surface area contributed by atoms with Crippen LogP contribution >= 0.6 is 0 Å². The molecule has 0 aliphatic rings. The quantitative estimate of drug-likeness (QED) is 0.414. The van der Waals surface area contributed by atoms with E-state index in [2.05, 4.69) is 47.2 Å². The topological polar surface area (TPSA) is 78.3 Å². The number of carbonyl (C=O) groups excluding carboxylic acids is 1. The van der Waals surface area contributed by atoms with Gasteiger partial charge < -0.3 is 5.11 Å². The summed E-state index contributed by atoms with van der Waals surface area (Å²) in [5, 5.41) is 17.3. The highest BCUT2D eigenvalue weighted by Gasteiger charge is 2.09. The van der Waals surface area contributed by atoms with Crippen molar-refractivity contribution in [3.63, 3.8) is 0 Å². The number of aliphatic hydroxyl groups excluding tert-OH is 1. The molecule has 0 bridgehead atoms. The van der Waals surface area contributed by atoms with Gasteiger partial charge in [0, 0.05) is 36.3 Å². The van der Waals surface area contributed by atoms with Gasteiger partial charge in [-0.05, 0) is 67.6 Å². The smallest absolute Gasteiger partial charge is 0.159 e. The number of Topliss-reactive ketones (excluding diaryl/α,β-unsaturated/α-hetero) is 1. The predicted octanol–water partition coefficient (Wildman–Crippen LogP) is 5.27. The standard InChI is InChI=1S/C19H19N3O.C6H14O/c1-12-4-5-14(8-16(12)11-20-3)9-19-17-10-15(13(2)23)6-7-18(17)21-22-19;1-3-5-6(7)4-2/h4-8,10-11H,9H2,1-3H3,(H,21,22);6-7H,3-5H2,1-2H3/t;6-/m.1/s1. The van der Waals surface area contributed by atoms with Crippen molar-refractivity contribution < 1.29 is 9.90 Å². The Bertz CT molecular complexity index is 1000. The number of aliphatic hydroxyl groups is 1. The number of fused-ring (bicyclic) bond motifs is 1. The molecule has 0 amide bonds. The number of aliphatic imine (C=N–C) groups is 1. The molecule has 160 valence electrons. The van der Waals surface area contributed by atoms with Crippen molar-refractivity contribution in [3.8, 4) is 0 Å². The zero-order valence-corrected chi connectivity index (χ0v) is 18.7. The number of hydrogen-bond acceptors (Lipinski definition) is 4. The maximum Gasteiger partial charge on any atom is 0.159 e. The van der Waals surface area contributed by atoms with Crippen molar-refractivity contribution in [1.82, 2.24) is 10.2 Å². The summed E-state index contributed by atoms with van der Waals surface area (Å²) in [6.45, 7) is 7.74. The van der Waals surface area contributed by atoms with Gasteiger partial charge in [0.15, 0.2) is 5.78 Å². The molecule has 0 spiro atoms. The molecule has 2 N–H and O–H groups in total. The van der Waals surface area contributed by atoms with Crippen LogP contribution in [-0.2, 0) is 6.42 Å². The van der Waals surface area contributed by atoms with Crippen LogP contribution < -0.4 is 0 Å². The minimum absolute atomic E-state index is 0.0509. The molecule has 0 fully saturated rings. The molecule has 0 aliphatic carbocycles. The third-order valence-electron chi connectivity index (χ3n) is 5.13. The maximum absolute atomic E-state index is 11.6. The number of nitrogens with one attached hydrogen (secondary N) is 1. The van der Waals surface area contributed by atoms with Gasteiger partial charge in [-0.2, -0.15) is 5.10 Å². The zero-order valence-electron chi connectivity index (χ0n) is 18.7. The Hall–Kier alpha value is -2.79. The molecule has 5 nitrogen and oxygen atoms in total. The van der Waals surface area contributed by atoms with Gasteiger partial charge in [-0.1, -0.05) is 32.4 Å². The van der Waals surface area contributed by atoms with Crippen LogP contribution in [0, 0.1) is 6.92 Å². The number of aromatic nitrogens is 2.